The second kappa shape index (κ2) is 5.57. The molecule has 0 saturated carbocycles. The zero-order valence-electron chi connectivity index (χ0n) is 9.36. The van der Waals surface area contributed by atoms with E-state index in [1.54, 1.807) is 0 Å². The van der Waals surface area contributed by atoms with Gasteiger partial charge in [0.2, 0.25) is 0 Å². The van der Waals surface area contributed by atoms with Crippen LogP contribution in [0.3, 0.4) is 0 Å². The maximum atomic E-state index is 2.58. The van der Waals surface area contributed by atoms with Crippen molar-refractivity contribution in [2.75, 3.05) is 18.8 Å². The van der Waals surface area contributed by atoms with Crippen LogP contribution in [0.15, 0.2) is 30.3 Å². The predicted octanol–water partition coefficient (Wildman–Crippen LogP) is 3.01. The molecule has 0 spiro atoms. The van der Waals surface area contributed by atoms with Gasteiger partial charge in [-0.15, -0.1) is 0 Å². The lowest BCUT2D eigenvalue weighted by Gasteiger charge is -2.31. The average molecular weight is 221 g/mol. The molecule has 0 amide bonds. The first-order valence-electron chi connectivity index (χ1n) is 5.76. The van der Waals surface area contributed by atoms with Crippen LogP contribution in [-0.2, 0) is 6.54 Å². The molecular weight excluding hydrogens is 202 g/mol. The molecule has 1 aromatic carbocycles. The average Bonchev–Trinajstić information content (AvgIpc) is 2.31. The van der Waals surface area contributed by atoms with Crippen molar-refractivity contribution in [1.29, 1.82) is 0 Å². The summed E-state index contributed by atoms with van der Waals surface area (Å²) < 4.78 is 0. The molecule has 1 nitrogen and oxygen atoms in total. The summed E-state index contributed by atoms with van der Waals surface area (Å²) in [6, 6.07) is 10.8. The van der Waals surface area contributed by atoms with Gasteiger partial charge < -0.3 is 0 Å². The molecule has 82 valence electrons. The van der Waals surface area contributed by atoms with Gasteiger partial charge in [0.15, 0.2) is 0 Å². The van der Waals surface area contributed by atoms with E-state index in [0.29, 0.717) is 0 Å². The highest BCUT2D eigenvalue weighted by Crippen LogP contribution is 2.22. The van der Waals surface area contributed by atoms with Crippen LogP contribution in [0.4, 0.5) is 0 Å². The zero-order chi connectivity index (χ0) is 10.5. The molecule has 1 heterocycles. The summed E-state index contributed by atoms with van der Waals surface area (Å²) in [5, 5.41) is 0.850. The molecule has 15 heavy (non-hydrogen) atoms. The van der Waals surface area contributed by atoms with E-state index in [1.807, 2.05) is 0 Å². The third kappa shape index (κ3) is 3.25. The summed E-state index contributed by atoms with van der Waals surface area (Å²) in [4.78, 5) is 2.58. The van der Waals surface area contributed by atoms with Crippen LogP contribution >= 0.6 is 11.8 Å². The monoisotopic (exact) mass is 221 g/mol. The van der Waals surface area contributed by atoms with Gasteiger partial charge in [0.25, 0.3) is 0 Å². The van der Waals surface area contributed by atoms with Crippen LogP contribution in [0.2, 0.25) is 0 Å². The van der Waals surface area contributed by atoms with Crippen LogP contribution < -0.4 is 0 Å². The van der Waals surface area contributed by atoms with Gasteiger partial charge in [0.1, 0.15) is 0 Å². The molecule has 1 aliphatic heterocycles. The first-order chi connectivity index (χ1) is 7.38. The number of hydrogen-bond acceptors (Lipinski definition) is 2. The first kappa shape index (κ1) is 11.0. The summed E-state index contributed by atoms with van der Waals surface area (Å²) >= 11 is 2.14. The molecular formula is C13H19NS. The highest BCUT2D eigenvalue weighted by Gasteiger charge is 2.18. The SMILES string of the molecule is CCC1CN(Cc2ccccc2)CCS1. The highest BCUT2D eigenvalue weighted by molar-refractivity contribution is 8.00. The van der Waals surface area contributed by atoms with Crippen molar-refractivity contribution < 1.29 is 0 Å². The van der Waals surface area contributed by atoms with Crippen LogP contribution in [0, 0.1) is 0 Å². The molecule has 1 fully saturated rings. The molecule has 1 aromatic rings. The normalized spacial score (nSPS) is 22.9. The fourth-order valence-corrected chi connectivity index (χ4v) is 3.26. The topological polar surface area (TPSA) is 3.24 Å². The standard InChI is InChI=1S/C13H19NS/c1-2-13-11-14(8-9-15-13)10-12-6-4-3-5-7-12/h3-7,13H,2,8-11H2,1H3. The largest absolute Gasteiger partial charge is 0.297 e. The Balaban J connectivity index is 1.89. The summed E-state index contributed by atoms with van der Waals surface area (Å²) in [5.41, 5.74) is 1.44. The van der Waals surface area contributed by atoms with Crippen molar-refractivity contribution in [3.05, 3.63) is 35.9 Å². The van der Waals surface area contributed by atoms with E-state index < -0.39 is 0 Å². The molecule has 0 radical (unpaired) electrons. The maximum Gasteiger partial charge on any atom is 0.0234 e. The van der Waals surface area contributed by atoms with Crippen LogP contribution in [-0.4, -0.2) is 29.0 Å². The minimum absolute atomic E-state index is 0.850. The zero-order valence-corrected chi connectivity index (χ0v) is 10.2. The predicted molar refractivity (Wildman–Crippen MR) is 68.3 cm³/mol. The summed E-state index contributed by atoms with van der Waals surface area (Å²) in [6.07, 6.45) is 1.30. The highest BCUT2D eigenvalue weighted by atomic mass is 32.2. The van der Waals surface area contributed by atoms with Gasteiger partial charge >= 0.3 is 0 Å². The quantitative estimate of drug-likeness (QED) is 0.772. The Labute approximate surface area is 96.9 Å². The first-order valence-corrected chi connectivity index (χ1v) is 6.81. The Morgan fingerprint density at radius 1 is 1.33 bits per heavy atom. The van der Waals surface area contributed by atoms with E-state index >= 15 is 0 Å². The number of thioether (sulfide) groups is 1. The molecule has 0 aliphatic carbocycles. The lowest BCUT2D eigenvalue weighted by atomic mass is 10.2. The van der Waals surface area contributed by atoms with Crippen LogP contribution in [0.25, 0.3) is 0 Å². The van der Waals surface area contributed by atoms with Gasteiger partial charge in [-0.3, -0.25) is 4.90 Å². The smallest absolute Gasteiger partial charge is 0.0234 e. The van der Waals surface area contributed by atoms with Gasteiger partial charge in [-0.1, -0.05) is 37.3 Å². The summed E-state index contributed by atoms with van der Waals surface area (Å²) in [7, 11) is 0. The van der Waals surface area contributed by atoms with E-state index in [9.17, 15) is 0 Å². The van der Waals surface area contributed by atoms with Gasteiger partial charge in [-0.25, -0.2) is 0 Å². The van der Waals surface area contributed by atoms with Gasteiger partial charge in [-0.05, 0) is 12.0 Å². The molecule has 2 heteroatoms. The Morgan fingerprint density at radius 2 is 2.13 bits per heavy atom. The van der Waals surface area contributed by atoms with Crippen molar-refractivity contribution in [2.24, 2.45) is 0 Å². The van der Waals surface area contributed by atoms with Gasteiger partial charge in [0.05, 0.1) is 0 Å². The Morgan fingerprint density at radius 3 is 2.87 bits per heavy atom. The molecule has 0 N–H and O–H groups in total. The van der Waals surface area contributed by atoms with Gasteiger partial charge in [0, 0.05) is 30.6 Å². The van der Waals surface area contributed by atoms with Crippen LogP contribution in [0.1, 0.15) is 18.9 Å². The lowest BCUT2D eigenvalue weighted by Crippen LogP contribution is -2.36. The third-order valence-electron chi connectivity index (χ3n) is 2.93. The minimum Gasteiger partial charge on any atom is -0.297 e. The van der Waals surface area contributed by atoms with E-state index in [2.05, 4.69) is 53.9 Å². The Kier molecular flexibility index (Phi) is 4.09. The molecule has 1 aliphatic rings. The maximum absolute atomic E-state index is 2.58. The lowest BCUT2D eigenvalue weighted by molar-refractivity contribution is 0.273. The third-order valence-corrected chi connectivity index (χ3v) is 4.30. The Bertz CT molecular complexity index is 286. The number of hydrogen-bond donors (Lipinski definition) is 0. The molecule has 2 rings (SSSR count). The van der Waals surface area contributed by atoms with Crippen molar-refractivity contribution >= 4 is 11.8 Å². The van der Waals surface area contributed by atoms with E-state index in [4.69, 9.17) is 0 Å². The molecule has 1 saturated heterocycles. The van der Waals surface area contributed by atoms with E-state index in [-0.39, 0.29) is 0 Å². The van der Waals surface area contributed by atoms with E-state index in [0.717, 1.165) is 11.8 Å². The minimum atomic E-state index is 0.850. The van der Waals surface area contributed by atoms with Gasteiger partial charge in [-0.2, -0.15) is 11.8 Å². The number of rotatable bonds is 3. The fourth-order valence-electron chi connectivity index (χ4n) is 2.01. The van der Waals surface area contributed by atoms with Crippen molar-refractivity contribution in [1.82, 2.24) is 4.90 Å². The molecule has 0 bridgehead atoms. The van der Waals surface area contributed by atoms with Crippen molar-refractivity contribution in [2.45, 2.75) is 25.1 Å². The van der Waals surface area contributed by atoms with E-state index in [1.165, 1.54) is 30.8 Å². The second-order valence-electron chi connectivity index (χ2n) is 4.12. The summed E-state index contributed by atoms with van der Waals surface area (Å²) in [6.45, 7) is 5.92. The molecule has 1 unspecified atom stereocenters. The number of benzene rings is 1. The number of nitrogens with zero attached hydrogens (tertiary/aromatic N) is 1. The van der Waals surface area contributed by atoms with Crippen molar-refractivity contribution in [3.8, 4) is 0 Å². The molecule has 0 aromatic heterocycles. The molecule has 1 atom stereocenters. The van der Waals surface area contributed by atoms with Crippen molar-refractivity contribution in [3.63, 3.8) is 0 Å². The second-order valence-corrected chi connectivity index (χ2v) is 5.53. The fraction of sp³-hybridized carbons (Fsp3) is 0.538. The van der Waals surface area contributed by atoms with Crippen LogP contribution in [0.5, 0.6) is 0 Å². The summed E-state index contributed by atoms with van der Waals surface area (Å²) in [5.74, 6) is 1.30. The Hall–Kier alpha value is -0.470.